The number of rotatable bonds is 6. The largest absolute Gasteiger partial charge is 0.494 e. The molecule has 1 fully saturated rings. The summed E-state index contributed by atoms with van der Waals surface area (Å²) in [6.45, 7) is 8.65. The Labute approximate surface area is 171 Å². The van der Waals surface area contributed by atoms with Crippen LogP contribution in [0.15, 0.2) is 42.5 Å². The zero-order valence-electron chi connectivity index (χ0n) is 17.4. The Kier molecular flexibility index (Phi) is 6.87. The monoisotopic (exact) mass is 400 g/mol. The summed E-state index contributed by atoms with van der Waals surface area (Å²) < 4.78 is 24.6. The van der Waals surface area contributed by atoms with Crippen molar-refractivity contribution >= 4 is 5.91 Å². The third-order valence-corrected chi connectivity index (χ3v) is 5.14. The van der Waals surface area contributed by atoms with Crippen LogP contribution in [0.25, 0.3) is 0 Å². The fraction of sp³-hybridized carbons (Fsp3) is 0.435. The Bertz CT molecular complexity index is 831. The van der Waals surface area contributed by atoms with E-state index in [9.17, 15) is 9.18 Å². The first kappa shape index (κ1) is 21.3. The van der Waals surface area contributed by atoms with Gasteiger partial charge in [0.05, 0.1) is 25.4 Å². The van der Waals surface area contributed by atoms with E-state index in [1.807, 2.05) is 31.2 Å². The minimum atomic E-state index is -0.442. The van der Waals surface area contributed by atoms with Gasteiger partial charge in [0.15, 0.2) is 11.6 Å². The van der Waals surface area contributed by atoms with Crippen molar-refractivity contribution < 1.29 is 18.7 Å². The molecule has 2 aromatic carbocycles. The molecule has 1 aliphatic rings. The molecule has 1 N–H and O–H groups in total. The number of carbonyl (C=O) groups excluding carboxylic acids is 1. The number of nitrogens with one attached hydrogen (secondary N) is 1. The van der Waals surface area contributed by atoms with Gasteiger partial charge in [0.1, 0.15) is 0 Å². The fourth-order valence-corrected chi connectivity index (χ4v) is 3.75. The minimum Gasteiger partial charge on any atom is -0.494 e. The van der Waals surface area contributed by atoms with Crippen LogP contribution < -0.4 is 10.1 Å². The Morgan fingerprint density at radius 2 is 1.86 bits per heavy atom. The SMILES string of the molecule is COc1ccc([C@H](C)NC(=O)c2ccc(CN3C[C@H](C)O[C@@H](C)C3)cc2)cc1F. The standard InChI is InChI=1S/C23H29FN2O3/c1-15-12-26(13-16(2)29-15)14-18-5-7-19(8-6-18)23(27)25-17(3)20-9-10-22(28-4)21(24)11-20/h5-11,15-17H,12-14H2,1-4H3,(H,25,27)/t15-,16-,17-/m0/s1. The maximum absolute atomic E-state index is 13.9. The quantitative estimate of drug-likeness (QED) is 0.798. The number of nitrogens with zero attached hydrogens (tertiary/aromatic N) is 1. The second kappa shape index (κ2) is 9.37. The summed E-state index contributed by atoms with van der Waals surface area (Å²) in [6.07, 6.45) is 0.459. The normalized spacial score (nSPS) is 20.9. The van der Waals surface area contributed by atoms with Crippen molar-refractivity contribution in [1.82, 2.24) is 10.2 Å². The van der Waals surface area contributed by atoms with Gasteiger partial charge in [-0.3, -0.25) is 9.69 Å². The zero-order chi connectivity index (χ0) is 21.0. The minimum absolute atomic E-state index is 0.186. The van der Waals surface area contributed by atoms with E-state index in [0.29, 0.717) is 11.1 Å². The van der Waals surface area contributed by atoms with Crippen molar-refractivity contribution in [2.75, 3.05) is 20.2 Å². The van der Waals surface area contributed by atoms with Gasteiger partial charge in [-0.25, -0.2) is 4.39 Å². The van der Waals surface area contributed by atoms with Crippen molar-refractivity contribution in [2.24, 2.45) is 0 Å². The molecule has 3 atom stereocenters. The molecule has 0 aliphatic carbocycles. The number of methoxy groups -OCH3 is 1. The molecule has 1 aliphatic heterocycles. The van der Waals surface area contributed by atoms with Gasteiger partial charge < -0.3 is 14.8 Å². The average molecular weight is 400 g/mol. The molecule has 0 spiro atoms. The molecule has 0 saturated carbocycles. The highest BCUT2D eigenvalue weighted by Crippen LogP contribution is 2.22. The van der Waals surface area contributed by atoms with Crippen LogP contribution >= 0.6 is 0 Å². The Hall–Kier alpha value is -2.44. The lowest BCUT2D eigenvalue weighted by Gasteiger charge is -2.35. The van der Waals surface area contributed by atoms with Crippen LogP contribution in [0.5, 0.6) is 5.75 Å². The highest BCUT2D eigenvalue weighted by Gasteiger charge is 2.22. The molecule has 1 amide bonds. The van der Waals surface area contributed by atoms with Crippen LogP contribution in [0.4, 0.5) is 4.39 Å². The predicted octanol–water partition coefficient (Wildman–Crippen LogP) is 3.93. The molecule has 0 radical (unpaired) electrons. The van der Waals surface area contributed by atoms with Crippen LogP contribution in [-0.4, -0.2) is 43.2 Å². The summed E-state index contributed by atoms with van der Waals surface area (Å²) in [7, 11) is 1.42. The first-order chi connectivity index (χ1) is 13.9. The average Bonchev–Trinajstić information content (AvgIpc) is 2.67. The van der Waals surface area contributed by atoms with Gasteiger partial charge in [0, 0.05) is 25.2 Å². The number of halogens is 1. The van der Waals surface area contributed by atoms with E-state index >= 15 is 0 Å². The molecule has 1 heterocycles. The van der Waals surface area contributed by atoms with Gasteiger partial charge in [-0.15, -0.1) is 0 Å². The Morgan fingerprint density at radius 3 is 2.45 bits per heavy atom. The van der Waals surface area contributed by atoms with E-state index in [4.69, 9.17) is 9.47 Å². The van der Waals surface area contributed by atoms with Crippen molar-refractivity contribution in [3.63, 3.8) is 0 Å². The van der Waals surface area contributed by atoms with Gasteiger partial charge >= 0.3 is 0 Å². The molecule has 6 heteroatoms. The van der Waals surface area contributed by atoms with Crippen molar-refractivity contribution in [1.29, 1.82) is 0 Å². The third kappa shape index (κ3) is 5.55. The molecule has 0 aromatic heterocycles. The maximum atomic E-state index is 13.9. The Morgan fingerprint density at radius 1 is 1.21 bits per heavy atom. The number of hydrogen-bond acceptors (Lipinski definition) is 4. The summed E-state index contributed by atoms with van der Waals surface area (Å²) in [5.74, 6) is -0.442. The smallest absolute Gasteiger partial charge is 0.251 e. The van der Waals surface area contributed by atoms with Crippen molar-refractivity contribution in [3.05, 3.63) is 65.0 Å². The third-order valence-electron chi connectivity index (χ3n) is 5.14. The lowest BCUT2D eigenvalue weighted by atomic mass is 10.1. The van der Waals surface area contributed by atoms with Crippen LogP contribution in [-0.2, 0) is 11.3 Å². The summed E-state index contributed by atoms with van der Waals surface area (Å²) in [6, 6.07) is 12.0. The van der Waals surface area contributed by atoms with Crippen LogP contribution in [0, 0.1) is 5.82 Å². The molecule has 0 bridgehead atoms. The molecular formula is C23H29FN2O3. The Balaban J connectivity index is 1.59. The first-order valence-electron chi connectivity index (χ1n) is 9.96. The second-order valence-corrected chi connectivity index (χ2v) is 7.74. The summed E-state index contributed by atoms with van der Waals surface area (Å²) in [5, 5.41) is 2.92. The van der Waals surface area contributed by atoms with Gasteiger partial charge in [0.2, 0.25) is 0 Å². The molecule has 156 valence electrons. The molecule has 2 aromatic rings. The van der Waals surface area contributed by atoms with Crippen molar-refractivity contribution in [2.45, 2.75) is 45.6 Å². The van der Waals surface area contributed by atoms with E-state index in [-0.39, 0.29) is 29.9 Å². The van der Waals surface area contributed by atoms with E-state index in [1.165, 1.54) is 13.2 Å². The van der Waals surface area contributed by atoms with Gasteiger partial charge in [0.25, 0.3) is 5.91 Å². The van der Waals surface area contributed by atoms with Gasteiger partial charge in [-0.2, -0.15) is 0 Å². The highest BCUT2D eigenvalue weighted by molar-refractivity contribution is 5.94. The van der Waals surface area contributed by atoms with E-state index in [0.717, 1.165) is 25.2 Å². The predicted molar refractivity (Wildman–Crippen MR) is 111 cm³/mol. The molecule has 3 rings (SSSR count). The number of morpholine rings is 1. The van der Waals surface area contributed by atoms with Gasteiger partial charge in [-0.1, -0.05) is 18.2 Å². The van der Waals surface area contributed by atoms with Crippen molar-refractivity contribution in [3.8, 4) is 5.75 Å². The lowest BCUT2D eigenvalue weighted by molar-refractivity contribution is -0.0704. The maximum Gasteiger partial charge on any atom is 0.251 e. The van der Waals surface area contributed by atoms with E-state index in [1.54, 1.807) is 12.1 Å². The van der Waals surface area contributed by atoms with Crippen LogP contribution in [0.1, 0.15) is 48.3 Å². The summed E-state index contributed by atoms with van der Waals surface area (Å²) >= 11 is 0. The van der Waals surface area contributed by atoms with Crippen LogP contribution in [0.2, 0.25) is 0 Å². The molecule has 1 saturated heterocycles. The summed E-state index contributed by atoms with van der Waals surface area (Å²) in [4.78, 5) is 14.9. The topological polar surface area (TPSA) is 50.8 Å². The fourth-order valence-electron chi connectivity index (χ4n) is 3.75. The second-order valence-electron chi connectivity index (χ2n) is 7.74. The highest BCUT2D eigenvalue weighted by atomic mass is 19.1. The lowest BCUT2D eigenvalue weighted by Crippen LogP contribution is -2.44. The molecule has 5 nitrogen and oxygen atoms in total. The number of carbonyl (C=O) groups is 1. The van der Waals surface area contributed by atoms with Gasteiger partial charge in [-0.05, 0) is 56.2 Å². The zero-order valence-corrected chi connectivity index (χ0v) is 17.4. The number of hydrogen-bond donors (Lipinski definition) is 1. The summed E-state index contributed by atoms with van der Waals surface area (Å²) in [5.41, 5.74) is 2.43. The molecule has 0 unspecified atom stereocenters. The van der Waals surface area contributed by atoms with E-state index in [2.05, 4.69) is 24.1 Å². The first-order valence-corrected chi connectivity index (χ1v) is 9.96. The van der Waals surface area contributed by atoms with Crippen LogP contribution in [0.3, 0.4) is 0 Å². The number of ether oxygens (including phenoxy) is 2. The molecule has 29 heavy (non-hydrogen) atoms. The van der Waals surface area contributed by atoms with E-state index < -0.39 is 5.82 Å². The molecular weight excluding hydrogens is 371 g/mol. The number of amides is 1. The number of benzene rings is 2.